The molecule has 2 N–H and O–H groups in total. The van der Waals surface area contributed by atoms with Crippen LogP contribution in [0, 0.1) is 0 Å². The molecule has 0 bridgehead atoms. The number of aromatic nitrogens is 3. The van der Waals surface area contributed by atoms with E-state index in [2.05, 4.69) is 20.7 Å². The zero-order valence-electron chi connectivity index (χ0n) is 19.1. The molecule has 3 aromatic carbocycles. The number of thioether (sulfide) groups is 1. The van der Waals surface area contributed by atoms with Crippen molar-refractivity contribution in [1.29, 1.82) is 0 Å². The average Bonchev–Trinajstić information content (AvgIpc) is 3.33. The Morgan fingerprint density at radius 2 is 1.83 bits per heavy atom. The summed E-state index contributed by atoms with van der Waals surface area (Å²) >= 11 is 1.25. The van der Waals surface area contributed by atoms with Gasteiger partial charge in [0.05, 0.1) is 26.2 Å². The Morgan fingerprint density at radius 1 is 1.06 bits per heavy atom. The molecule has 0 aliphatic carbocycles. The Hall–Kier alpha value is -4.31. The summed E-state index contributed by atoms with van der Waals surface area (Å²) in [5.74, 6) is 1.53. The minimum atomic E-state index is -0.303. The standard InChI is InChI=1S/C25H23N5O4S/c1-33-20-11-9-19(10-12-20)30-24(18-6-4-3-5-7-18)28-29-25(30)35-16-23(32)27-26-15-17-8-13-21(31)22(14-17)34-2/h3-15,31H,16H2,1-2H3,(H,27,32). The maximum Gasteiger partial charge on any atom is 0.250 e. The number of rotatable bonds is 9. The molecule has 0 spiro atoms. The molecular weight excluding hydrogens is 466 g/mol. The Bertz CT molecular complexity index is 1320. The molecule has 4 aromatic rings. The van der Waals surface area contributed by atoms with Gasteiger partial charge in [-0.05, 0) is 48.0 Å². The van der Waals surface area contributed by atoms with Crippen LogP contribution in [0.15, 0.2) is 83.1 Å². The normalized spacial score (nSPS) is 10.9. The van der Waals surface area contributed by atoms with E-state index in [1.54, 1.807) is 19.2 Å². The molecule has 0 radical (unpaired) electrons. The highest BCUT2D eigenvalue weighted by molar-refractivity contribution is 7.99. The highest BCUT2D eigenvalue weighted by Gasteiger charge is 2.17. The van der Waals surface area contributed by atoms with E-state index in [9.17, 15) is 9.90 Å². The van der Waals surface area contributed by atoms with Gasteiger partial charge in [0.25, 0.3) is 5.91 Å². The Balaban J connectivity index is 1.48. The van der Waals surface area contributed by atoms with Gasteiger partial charge in [0.2, 0.25) is 0 Å². The van der Waals surface area contributed by atoms with E-state index in [4.69, 9.17) is 9.47 Å². The number of amides is 1. The van der Waals surface area contributed by atoms with E-state index >= 15 is 0 Å². The van der Waals surface area contributed by atoms with E-state index < -0.39 is 0 Å². The minimum absolute atomic E-state index is 0.0286. The molecule has 0 fully saturated rings. The van der Waals surface area contributed by atoms with Crippen molar-refractivity contribution in [2.24, 2.45) is 5.10 Å². The molecule has 0 unspecified atom stereocenters. The second-order valence-corrected chi connectivity index (χ2v) is 8.16. The third kappa shape index (κ3) is 5.79. The van der Waals surface area contributed by atoms with Crippen molar-refractivity contribution < 1.29 is 19.4 Å². The van der Waals surface area contributed by atoms with Gasteiger partial charge in [-0.25, -0.2) is 5.43 Å². The number of hydrogen-bond acceptors (Lipinski definition) is 8. The summed E-state index contributed by atoms with van der Waals surface area (Å²) in [4.78, 5) is 12.4. The van der Waals surface area contributed by atoms with E-state index in [-0.39, 0.29) is 17.4 Å². The van der Waals surface area contributed by atoms with Crippen LogP contribution in [0.1, 0.15) is 5.56 Å². The summed E-state index contributed by atoms with van der Waals surface area (Å²) in [5, 5.41) is 22.9. The predicted molar refractivity (Wildman–Crippen MR) is 134 cm³/mol. The summed E-state index contributed by atoms with van der Waals surface area (Å²) in [7, 11) is 3.08. The zero-order chi connectivity index (χ0) is 24.6. The largest absolute Gasteiger partial charge is 0.504 e. The topological polar surface area (TPSA) is 111 Å². The molecule has 178 valence electrons. The molecular formula is C25H23N5O4S. The maximum absolute atomic E-state index is 12.4. The smallest absolute Gasteiger partial charge is 0.250 e. The number of nitrogens with zero attached hydrogens (tertiary/aromatic N) is 4. The van der Waals surface area contributed by atoms with Crippen molar-refractivity contribution in [2.45, 2.75) is 5.16 Å². The van der Waals surface area contributed by atoms with Gasteiger partial charge in [0.1, 0.15) is 5.75 Å². The van der Waals surface area contributed by atoms with Crippen LogP contribution in [0.5, 0.6) is 17.2 Å². The van der Waals surface area contributed by atoms with Crippen LogP contribution in [0.2, 0.25) is 0 Å². The first-order chi connectivity index (χ1) is 17.1. The van der Waals surface area contributed by atoms with E-state index in [0.29, 0.717) is 22.3 Å². The fourth-order valence-corrected chi connectivity index (χ4v) is 3.96. The van der Waals surface area contributed by atoms with Crippen molar-refractivity contribution in [2.75, 3.05) is 20.0 Å². The number of carbonyl (C=O) groups excluding carboxylic acids is 1. The van der Waals surface area contributed by atoms with Gasteiger partial charge in [-0.2, -0.15) is 5.10 Å². The molecule has 1 amide bonds. The first kappa shape index (κ1) is 23.8. The number of nitrogens with one attached hydrogen (secondary N) is 1. The molecule has 0 aliphatic rings. The number of carbonyl (C=O) groups is 1. The fraction of sp³-hybridized carbons (Fsp3) is 0.120. The Morgan fingerprint density at radius 3 is 2.54 bits per heavy atom. The molecule has 0 aliphatic heterocycles. The second kappa shape index (κ2) is 11.2. The predicted octanol–water partition coefficient (Wildman–Crippen LogP) is 3.90. The summed E-state index contributed by atoms with van der Waals surface area (Å²) in [6, 6.07) is 22.0. The Labute approximate surface area is 206 Å². The number of benzene rings is 3. The van der Waals surface area contributed by atoms with Crippen molar-refractivity contribution in [1.82, 2.24) is 20.2 Å². The zero-order valence-corrected chi connectivity index (χ0v) is 19.9. The van der Waals surface area contributed by atoms with Gasteiger partial charge in [-0.15, -0.1) is 10.2 Å². The number of hydrogen-bond donors (Lipinski definition) is 2. The summed E-state index contributed by atoms with van der Waals surface area (Å²) in [6.07, 6.45) is 1.47. The van der Waals surface area contributed by atoms with Crippen molar-refractivity contribution >= 4 is 23.9 Å². The van der Waals surface area contributed by atoms with Gasteiger partial charge in [0.15, 0.2) is 22.5 Å². The molecule has 1 aromatic heterocycles. The van der Waals surface area contributed by atoms with Crippen LogP contribution in [0.25, 0.3) is 17.1 Å². The van der Waals surface area contributed by atoms with Crippen LogP contribution in [0.3, 0.4) is 0 Å². The quantitative estimate of drug-likeness (QED) is 0.208. The molecule has 0 saturated carbocycles. The fourth-order valence-electron chi connectivity index (χ4n) is 3.22. The first-order valence-electron chi connectivity index (χ1n) is 10.6. The molecule has 10 heteroatoms. The van der Waals surface area contributed by atoms with Crippen molar-refractivity contribution in [3.8, 4) is 34.3 Å². The van der Waals surface area contributed by atoms with Gasteiger partial charge >= 0.3 is 0 Å². The number of ether oxygens (including phenoxy) is 2. The van der Waals surface area contributed by atoms with Crippen molar-refractivity contribution in [3.63, 3.8) is 0 Å². The van der Waals surface area contributed by atoms with Gasteiger partial charge in [-0.3, -0.25) is 9.36 Å². The monoisotopic (exact) mass is 489 g/mol. The van der Waals surface area contributed by atoms with E-state index in [1.165, 1.54) is 31.2 Å². The summed E-state index contributed by atoms with van der Waals surface area (Å²) in [5.41, 5.74) is 4.91. The molecule has 9 nitrogen and oxygen atoms in total. The number of phenols is 1. The van der Waals surface area contributed by atoms with Gasteiger partial charge < -0.3 is 14.6 Å². The highest BCUT2D eigenvalue weighted by Crippen LogP contribution is 2.29. The van der Waals surface area contributed by atoms with Crippen molar-refractivity contribution in [3.05, 3.63) is 78.4 Å². The second-order valence-electron chi connectivity index (χ2n) is 7.22. The lowest BCUT2D eigenvalue weighted by molar-refractivity contribution is -0.118. The molecule has 4 rings (SSSR count). The molecule has 0 saturated heterocycles. The van der Waals surface area contributed by atoms with Crippen LogP contribution >= 0.6 is 11.8 Å². The van der Waals surface area contributed by atoms with E-state index in [0.717, 1.165) is 17.0 Å². The lowest BCUT2D eigenvalue weighted by atomic mass is 10.2. The van der Waals surface area contributed by atoms with Crippen LogP contribution in [0.4, 0.5) is 0 Å². The Kier molecular flexibility index (Phi) is 7.63. The number of methoxy groups -OCH3 is 2. The lowest BCUT2D eigenvalue weighted by Gasteiger charge is -2.11. The molecule has 0 atom stereocenters. The maximum atomic E-state index is 12.4. The third-order valence-electron chi connectivity index (χ3n) is 4.93. The van der Waals surface area contributed by atoms with E-state index in [1.807, 2.05) is 59.2 Å². The first-order valence-corrected chi connectivity index (χ1v) is 11.5. The molecule has 35 heavy (non-hydrogen) atoms. The minimum Gasteiger partial charge on any atom is -0.504 e. The van der Waals surface area contributed by atoms with Crippen LogP contribution in [-0.4, -0.2) is 52.0 Å². The SMILES string of the molecule is COc1ccc(-n2c(SCC(=O)NN=Cc3ccc(O)c(OC)c3)nnc2-c2ccccc2)cc1. The van der Waals surface area contributed by atoms with Gasteiger partial charge in [0, 0.05) is 11.3 Å². The van der Waals surface area contributed by atoms with Crippen LogP contribution < -0.4 is 14.9 Å². The highest BCUT2D eigenvalue weighted by atomic mass is 32.2. The third-order valence-corrected chi connectivity index (χ3v) is 5.86. The summed E-state index contributed by atoms with van der Waals surface area (Å²) in [6.45, 7) is 0. The molecule has 1 heterocycles. The number of phenolic OH excluding ortho intramolecular Hbond substituents is 1. The lowest BCUT2D eigenvalue weighted by Crippen LogP contribution is -2.20. The number of aromatic hydroxyl groups is 1. The number of hydrazone groups is 1. The van der Waals surface area contributed by atoms with Crippen LogP contribution in [-0.2, 0) is 4.79 Å². The average molecular weight is 490 g/mol. The summed E-state index contributed by atoms with van der Waals surface area (Å²) < 4.78 is 12.2. The van der Waals surface area contributed by atoms with Gasteiger partial charge in [-0.1, -0.05) is 42.1 Å².